The predicted octanol–water partition coefficient (Wildman–Crippen LogP) is 3.10. The summed E-state index contributed by atoms with van der Waals surface area (Å²) in [5.74, 6) is -0.658. The highest BCUT2D eigenvalue weighted by atomic mass is 32.2. The number of carbonyl (C=O) groups excluding carboxylic acids is 2. The molecule has 1 aliphatic rings. The van der Waals surface area contributed by atoms with Crippen molar-refractivity contribution in [1.82, 2.24) is 0 Å². The number of fused-ring (bicyclic) bond motifs is 2. The molecule has 0 fully saturated rings. The quantitative estimate of drug-likeness (QED) is 0.490. The fourth-order valence-electron chi connectivity index (χ4n) is 2.72. The van der Waals surface area contributed by atoms with E-state index in [0.29, 0.717) is 11.1 Å². The van der Waals surface area contributed by atoms with Crippen LogP contribution in [0, 0.1) is 0 Å². The molecule has 0 bridgehead atoms. The maximum atomic E-state index is 12.2. The normalized spacial score (nSPS) is 12.5. The van der Waals surface area contributed by atoms with Crippen molar-refractivity contribution in [2.75, 3.05) is 0 Å². The summed E-state index contributed by atoms with van der Waals surface area (Å²) in [7, 11) is -4.00. The lowest BCUT2D eigenvalue weighted by Crippen LogP contribution is -2.20. The average Bonchev–Trinajstić information content (AvgIpc) is 2.66. The van der Waals surface area contributed by atoms with Crippen molar-refractivity contribution in [3.05, 3.63) is 95.1 Å². The van der Waals surface area contributed by atoms with Crippen molar-refractivity contribution in [3.8, 4) is 5.75 Å². The number of benzene rings is 3. The number of phenols is 1. The zero-order chi connectivity index (χ0) is 19.6. The maximum Gasteiger partial charge on any atom is 0.294 e. The van der Waals surface area contributed by atoms with Crippen LogP contribution in [0.15, 0.2) is 77.7 Å². The number of carbonyl (C=O) groups is 2. The van der Waals surface area contributed by atoms with Gasteiger partial charge < -0.3 is 5.11 Å². The molecule has 0 spiro atoms. The van der Waals surface area contributed by atoms with Crippen LogP contribution in [-0.2, 0) is 10.1 Å². The Morgan fingerprint density at radius 1 is 0.630 bits per heavy atom. The molecule has 27 heavy (non-hydrogen) atoms. The van der Waals surface area contributed by atoms with E-state index < -0.39 is 10.1 Å². The summed E-state index contributed by atoms with van der Waals surface area (Å²) in [6.07, 6.45) is 0. The molecule has 4 rings (SSSR count). The predicted molar refractivity (Wildman–Crippen MR) is 97.7 cm³/mol. The van der Waals surface area contributed by atoms with Crippen LogP contribution in [-0.4, -0.2) is 29.6 Å². The molecule has 136 valence electrons. The van der Waals surface area contributed by atoms with Gasteiger partial charge in [0.1, 0.15) is 5.75 Å². The molecule has 0 atom stereocenters. The van der Waals surface area contributed by atoms with Crippen LogP contribution >= 0.6 is 0 Å². The third kappa shape index (κ3) is 3.64. The fraction of sp³-hybridized carbons (Fsp3) is 0. The largest absolute Gasteiger partial charge is 0.507 e. The van der Waals surface area contributed by atoms with E-state index in [1.165, 1.54) is 18.2 Å². The van der Waals surface area contributed by atoms with E-state index in [2.05, 4.69) is 0 Å². The zero-order valence-corrected chi connectivity index (χ0v) is 14.7. The van der Waals surface area contributed by atoms with Crippen molar-refractivity contribution in [2.24, 2.45) is 0 Å². The first-order valence-corrected chi connectivity index (χ1v) is 9.27. The Labute approximate surface area is 155 Å². The first-order valence-electron chi connectivity index (χ1n) is 7.83. The molecule has 0 radical (unpaired) electrons. The SMILES string of the molecule is O=C1c2ccccc2C(=O)c2c(O)cccc21.O=S(=O)(O)c1ccccc1. The number of ketones is 2. The number of hydrogen-bond donors (Lipinski definition) is 2. The minimum absolute atomic E-state index is 0.0741. The molecule has 0 unspecified atom stereocenters. The third-order valence-corrected chi connectivity index (χ3v) is 4.84. The zero-order valence-electron chi connectivity index (χ0n) is 13.9. The third-order valence-electron chi connectivity index (χ3n) is 3.97. The van der Waals surface area contributed by atoms with Crippen LogP contribution in [0.5, 0.6) is 5.75 Å². The minimum Gasteiger partial charge on any atom is -0.507 e. The van der Waals surface area contributed by atoms with E-state index in [9.17, 15) is 23.1 Å². The summed E-state index contributed by atoms with van der Waals surface area (Å²) >= 11 is 0. The molecule has 1 aliphatic carbocycles. The summed E-state index contributed by atoms with van der Waals surface area (Å²) in [5.41, 5.74) is 1.13. The lowest BCUT2D eigenvalue weighted by Gasteiger charge is -2.17. The Balaban J connectivity index is 0.000000180. The van der Waals surface area contributed by atoms with E-state index in [4.69, 9.17) is 4.55 Å². The van der Waals surface area contributed by atoms with Crippen molar-refractivity contribution in [1.29, 1.82) is 0 Å². The van der Waals surface area contributed by atoms with Gasteiger partial charge in [-0.3, -0.25) is 14.1 Å². The van der Waals surface area contributed by atoms with E-state index in [1.54, 1.807) is 54.6 Å². The van der Waals surface area contributed by atoms with Crippen LogP contribution in [0.2, 0.25) is 0 Å². The monoisotopic (exact) mass is 382 g/mol. The first kappa shape index (κ1) is 18.5. The molecule has 0 saturated heterocycles. The summed E-state index contributed by atoms with van der Waals surface area (Å²) in [5, 5.41) is 9.70. The van der Waals surface area contributed by atoms with E-state index in [1.807, 2.05) is 0 Å². The lowest BCUT2D eigenvalue weighted by atomic mass is 9.84. The van der Waals surface area contributed by atoms with Gasteiger partial charge in [-0.25, -0.2) is 0 Å². The highest BCUT2D eigenvalue weighted by molar-refractivity contribution is 7.85. The summed E-state index contributed by atoms with van der Waals surface area (Å²) < 4.78 is 29.2. The van der Waals surface area contributed by atoms with Crippen LogP contribution in [0.1, 0.15) is 31.8 Å². The molecule has 0 amide bonds. The van der Waals surface area contributed by atoms with Gasteiger partial charge in [-0.15, -0.1) is 0 Å². The topological polar surface area (TPSA) is 109 Å². The second kappa shape index (κ2) is 7.14. The molecule has 6 nitrogen and oxygen atoms in total. The van der Waals surface area contributed by atoms with Crippen molar-refractivity contribution in [2.45, 2.75) is 4.90 Å². The second-order valence-corrected chi connectivity index (χ2v) is 7.11. The van der Waals surface area contributed by atoms with Gasteiger partial charge in [0.25, 0.3) is 10.1 Å². The minimum atomic E-state index is -4.00. The molecule has 0 saturated carbocycles. The summed E-state index contributed by atoms with van der Waals surface area (Å²) in [4.78, 5) is 24.2. The van der Waals surface area contributed by atoms with Gasteiger partial charge >= 0.3 is 0 Å². The van der Waals surface area contributed by atoms with Crippen molar-refractivity contribution in [3.63, 3.8) is 0 Å². The molecule has 0 aliphatic heterocycles. The number of hydrogen-bond acceptors (Lipinski definition) is 5. The molecule has 0 heterocycles. The molecule has 3 aromatic rings. The van der Waals surface area contributed by atoms with E-state index in [0.717, 1.165) is 0 Å². The summed E-state index contributed by atoms with van der Waals surface area (Å²) in [6.45, 7) is 0. The number of phenolic OH excluding ortho intramolecular Hbond substituents is 1. The lowest BCUT2D eigenvalue weighted by molar-refractivity contribution is 0.0976. The van der Waals surface area contributed by atoms with Crippen LogP contribution in [0.25, 0.3) is 0 Å². The molecular formula is C20H14O6S. The Morgan fingerprint density at radius 3 is 1.70 bits per heavy atom. The van der Waals surface area contributed by atoms with Crippen molar-refractivity contribution < 1.29 is 27.7 Å². The second-order valence-electron chi connectivity index (χ2n) is 5.69. The molecule has 0 aromatic heterocycles. The van der Waals surface area contributed by atoms with Gasteiger partial charge in [-0.2, -0.15) is 8.42 Å². The molecule has 2 N–H and O–H groups in total. The molecular weight excluding hydrogens is 368 g/mol. The van der Waals surface area contributed by atoms with Crippen molar-refractivity contribution >= 4 is 21.7 Å². The van der Waals surface area contributed by atoms with Gasteiger partial charge in [-0.05, 0) is 18.2 Å². The number of aromatic hydroxyl groups is 1. The smallest absolute Gasteiger partial charge is 0.294 e. The van der Waals surface area contributed by atoms with Gasteiger partial charge in [0, 0.05) is 16.7 Å². The Hall–Kier alpha value is -3.29. The Morgan fingerprint density at radius 2 is 1.15 bits per heavy atom. The number of rotatable bonds is 1. The van der Waals surface area contributed by atoms with E-state index in [-0.39, 0.29) is 33.3 Å². The average molecular weight is 382 g/mol. The van der Waals surface area contributed by atoms with Crippen LogP contribution in [0.4, 0.5) is 0 Å². The van der Waals surface area contributed by atoms with Gasteiger partial charge in [0.2, 0.25) is 0 Å². The van der Waals surface area contributed by atoms with E-state index >= 15 is 0 Å². The standard InChI is InChI=1S/C14H8O3.C6H6O3S/c15-11-7-3-6-10-12(11)14(17)9-5-2-1-4-8(9)13(10)16;7-10(8,9)6-4-2-1-3-5-6/h1-7,15H;1-5H,(H,7,8,9). The van der Waals surface area contributed by atoms with Crippen LogP contribution in [0.3, 0.4) is 0 Å². The Bertz CT molecular complexity index is 1130. The molecule has 7 heteroatoms. The fourth-order valence-corrected chi connectivity index (χ4v) is 3.22. The van der Waals surface area contributed by atoms with Gasteiger partial charge in [0.15, 0.2) is 11.6 Å². The molecule has 3 aromatic carbocycles. The van der Waals surface area contributed by atoms with Crippen LogP contribution < -0.4 is 0 Å². The first-order chi connectivity index (χ1) is 12.8. The summed E-state index contributed by atoms with van der Waals surface area (Å²) in [6, 6.07) is 18.6. The van der Waals surface area contributed by atoms with Gasteiger partial charge in [-0.1, -0.05) is 54.6 Å². The van der Waals surface area contributed by atoms with Gasteiger partial charge in [0.05, 0.1) is 10.5 Å². The highest BCUT2D eigenvalue weighted by Gasteiger charge is 2.31. The highest BCUT2D eigenvalue weighted by Crippen LogP contribution is 2.32. The maximum absolute atomic E-state index is 12.2. The Kier molecular flexibility index (Phi) is 4.89.